The van der Waals surface area contributed by atoms with E-state index in [4.69, 9.17) is 42.3 Å². The van der Waals surface area contributed by atoms with E-state index < -0.39 is 17.7 Å². The number of benzene rings is 2. The van der Waals surface area contributed by atoms with Gasteiger partial charge < -0.3 is 18.9 Å². The number of hydrogen-bond donors (Lipinski definition) is 0. The summed E-state index contributed by atoms with van der Waals surface area (Å²) in [5, 5.41) is 8.02. The first kappa shape index (κ1) is 24.2. The Balaban J connectivity index is 2.36. The molecule has 2 aromatic carbocycles. The maximum absolute atomic E-state index is 12.9. The minimum absolute atomic E-state index is 0.135. The lowest BCUT2D eigenvalue weighted by molar-refractivity contribution is -0.126. The van der Waals surface area contributed by atoms with Gasteiger partial charge in [-0.25, -0.2) is 4.42 Å². The first-order valence-corrected chi connectivity index (χ1v) is 9.53. The summed E-state index contributed by atoms with van der Waals surface area (Å²) in [6.45, 7) is 1.20. The zero-order valence-corrected chi connectivity index (χ0v) is 19.0. The van der Waals surface area contributed by atoms with E-state index >= 15 is 0 Å². The lowest BCUT2D eigenvalue weighted by Gasteiger charge is -2.18. The molecule has 0 aliphatic carbocycles. The highest BCUT2D eigenvalue weighted by atomic mass is 35.5. The fraction of sp³-hybridized carbons (Fsp3) is 0.300. The topological polar surface area (TPSA) is 99.0 Å². The number of rotatable bonds is 9. The summed E-state index contributed by atoms with van der Waals surface area (Å²) < 4.78 is 21.5. The molecule has 0 aromatic heterocycles. The second kappa shape index (κ2) is 10.8. The minimum Gasteiger partial charge on any atom is -0.497 e. The molecule has 2 aromatic rings. The molecule has 1 amide bonds. The van der Waals surface area contributed by atoms with Gasteiger partial charge >= 0.3 is 0 Å². The van der Waals surface area contributed by atoms with E-state index in [0.29, 0.717) is 17.2 Å². The molecule has 0 spiro atoms. The third-order valence-electron chi connectivity index (χ3n) is 4.14. The van der Waals surface area contributed by atoms with Gasteiger partial charge in [0.25, 0.3) is 5.91 Å². The van der Waals surface area contributed by atoms with Gasteiger partial charge in [0.15, 0.2) is 23.0 Å². The van der Waals surface area contributed by atoms with E-state index in [1.165, 1.54) is 53.6 Å². The van der Waals surface area contributed by atoms with Gasteiger partial charge in [-0.2, -0.15) is 5.11 Å². The van der Waals surface area contributed by atoms with Gasteiger partial charge in [-0.1, -0.05) is 11.6 Å². The predicted molar refractivity (Wildman–Crippen MR) is 116 cm³/mol. The Labute approximate surface area is 189 Å². The van der Waals surface area contributed by atoms with Crippen LogP contribution in [0.4, 0.5) is 11.4 Å². The van der Waals surface area contributed by atoms with E-state index in [0.717, 1.165) is 4.42 Å². The Hall–Kier alpha value is -3.04. The number of Topliss-reactive ketones (excluding diaryl/α,β-unsaturated/α-hetero) is 1. The molecule has 0 aliphatic heterocycles. The van der Waals surface area contributed by atoms with Crippen LogP contribution in [0.3, 0.4) is 0 Å². The van der Waals surface area contributed by atoms with Crippen LogP contribution in [-0.4, -0.2) is 46.2 Å². The minimum atomic E-state index is -1.51. The molecule has 0 heterocycles. The summed E-state index contributed by atoms with van der Waals surface area (Å²) in [6.07, 6.45) is 0. The molecule has 0 N–H and O–H groups in total. The summed E-state index contributed by atoms with van der Waals surface area (Å²) in [5.74, 6) is 0.130. The van der Waals surface area contributed by atoms with Crippen LogP contribution in [0.25, 0.3) is 0 Å². The van der Waals surface area contributed by atoms with Gasteiger partial charge in [0.1, 0.15) is 11.4 Å². The fourth-order valence-corrected chi connectivity index (χ4v) is 2.96. The number of hydrogen-bond acceptors (Lipinski definition) is 8. The molecule has 0 bridgehead atoms. The molecule has 0 radical (unpaired) electrons. The van der Waals surface area contributed by atoms with Crippen molar-refractivity contribution < 1.29 is 28.5 Å². The van der Waals surface area contributed by atoms with Gasteiger partial charge in [0.2, 0.25) is 6.04 Å². The predicted octanol–water partition coefficient (Wildman–Crippen LogP) is 4.60. The van der Waals surface area contributed by atoms with Crippen LogP contribution in [0, 0.1) is 0 Å². The highest BCUT2D eigenvalue weighted by molar-refractivity contribution is 6.39. The smallest absolute Gasteiger partial charge is 0.276 e. The second-order valence-corrected chi connectivity index (χ2v) is 6.79. The average Bonchev–Trinajstić information content (AvgIpc) is 2.78. The lowest BCUT2D eigenvalue weighted by atomic mass is 10.2. The van der Waals surface area contributed by atoms with E-state index in [1.807, 2.05) is 0 Å². The van der Waals surface area contributed by atoms with Gasteiger partial charge in [-0.3, -0.25) is 9.59 Å². The summed E-state index contributed by atoms with van der Waals surface area (Å²) in [5.41, 5.74) is 0.391. The highest BCUT2D eigenvalue weighted by Gasteiger charge is 2.29. The van der Waals surface area contributed by atoms with Gasteiger partial charge in [0, 0.05) is 30.0 Å². The van der Waals surface area contributed by atoms with Crippen LogP contribution in [0.2, 0.25) is 5.02 Å². The quantitative estimate of drug-likeness (QED) is 0.302. The van der Waals surface area contributed by atoms with Gasteiger partial charge in [-0.05, 0) is 19.1 Å². The van der Waals surface area contributed by atoms with Crippen LogP contribution >= 0.6 is 23.4 Å². The van der Waals surface area contributed by atoms with Gasteiger partial charge in [-0.15, -0.1) is 5.11 Å². The van der Waals surface area contributed by atoms with Crippen LogP contribution in [0.1, 0.15) is 6.92 Å². The largest absolute Gasteiger partial charge is 0.497 e. The van der Waals surface area contributed by atoms with Crippen LogP contribution < -0.4 is 23.4 Å². The Bertz CT molecular complexity index is 999. The normalized spacial score (nSPS) is 11.7. The van der Waals surface area contributed by atoms with E-state index in [-0.39, 0.29) is 22.1 Å². The van der Waals surface area contributed by atoms with Gasteiger partial charge in [0.05, 0.1) is 39.1 Å². The standard InChI is InChI=1S/C20H21Cl2N3O6/c1-11(26)18(23-24-19-14(21)9-13(28-2)10-17(19)31-5)20(27)25(22)12-6-7-15(29-3)16(8-12)30-4/h6-10,18H,1-5H3. The Kier molecular flexibility index (Phi) is 8.47. The van der Waals surface area contributed by atoms with Crippen molar-refractivity contribution in [3.8, 4) is 23.0 Å². The Morgan fingerprint density at radius 3 is 2.13 bits per heavy atom. The van der Waals surface area contributed by atoms with Crippen LogP contribution in [-0.2, 0) is 9.59 Å². The van der Waals surface area contributed by atoms with Crippen molar-refractivity contribution in [2.75, 3.05) is 32.9 Å². The van der Waals surface area contributed by atoms with Crippen LogP contribution in [0.15, 0.2) is 40.6 Å². The summed E-state index contributed by atoms with van der Waals surface area (Å²) in [4.78, 5) is 25.0. The van der Waals surface area contributed by atoms with Crippen molar-refractivity contribution in [1.29, 1.82) is 0 Å². The monoisotopic (exact) mass is 469 g/mol. The number of methoxy groups -OCH3 is 4. The van der Waals surface area contributed by atoms with Crippen molar-refractivity contribution in [2.24, 2.45) is 10.2 Å². The molecule has 11 heteroatoms. The number of ether oxygens (including phenoxy) is 4. The summed E-state index contributed by atoms with van der Waals surface area (Å²) in [7, 11) is 5.81. The molecule has 0 saturated carbocycles. The molecule has 0 saturated heterocycles. The Morgan fingerprint density at radius 1 is 0.935 bits per heavy atom. The molecular weight excluding hydrogens is 449 g/mol. The van der Waals surface area contributed by atoms with Crippen molar-refractivity contribution >= 4 is 46.4 Å². The van der Waals surface area contributed by atoms with Crippen molar-refractivity contribution in [3.63, 3.8) is 0 Å². The van der Waals surface area contributed by atoms with E-state index in [2.05, 4.69) is 10.2 Å². The maximum atomic E-state index is 12.9. The summed E-state index contributed by atoms with van der Waals surface area (Å²) in [6, 6.07) is 6.13. The third-order valence-corrected chi connectivity index (χ3v) is 4.79. The van der Waals surface area contributed by atoms with E-state index in [1.54, 1.807) is 12.1 Å². The number of carbonyl (C=O) groups is 2. The lowest BCUT2D eigenvalue weighted by Crippen LogP contribution is -2.36. The van der Waals surface area contributed by atoms with E-state index in [9.17, 15) is 9.59 Å². The molecule has 1 atom stereocenters. The zero-order valence-electron chi connectivity index (χ0n) is 17.5. The highest BCUT2D eigenvalue weighted by Crippen LogP contribution is 2.39. The Morgan fingerprint density at radius 2 is 1.58 bits per heavy atom. The second-order valence-electron chi connectivity index (χ2n) is 6.05. The average molecular weight is 470 g/mol. The molecule has 0 aliphatic rings. The number of nitrogens with zero attached hydrogens (tertiary/aromatic N) is 3. The molecular formula is C20H21Cl2N3O6. The first-order chi connectivity index (χ1) is 14.8. The number of halogens is 2. The molecule has 0 fully saturated rings. The maximum Gasteiger partial charge on any atom is 0.276 e. The molecule has 166 valence electrons. The number of carbonyl (C=O) groups excluding carboxylic acids is 2. The van der Waals surface area contributed by atoms with Crippen LogP contribution in [0.5, 0.6) is 23.0 Å². The number of anilines is 1. The molecule has 31 heavy (non-hydrogen) atoms. The number of ketones is 1. The van der Waals surface area contributed by atoms with Crippen molar-refractivity contribution in [2.45, 2.75) is 13.0 Å². The zero-order chi connectivity index (χ0) is 23.1. The SMILES string of the molecule is COc1cc(Cl)c(N=NC(C(C)=O)C(=O)N(Cl)c2ccc(OC)c(OC)c2)c(OC)c1. The summed E-state index contributed by atoms with van der Waals surface area (Å²) >= 11 is 12.4. The fourth-order valence-electron chi connectivity index (χ4n) is 2.52. The van der Waals surface area contributed by atoms with Crippen molar-refractivity contribution in [1.82, 2.24) is 0 Å². The van der Waals surface area contributed by atoms with Crippen molar-refractivity contribution in [3.05, 3.63) is 35.4 Å². The first-order valence-electron chi connectivity index (χ1n) is 8.81. The molecule has 9 nitrogen and oxygen atoms in total. The molecule has 1 unspecified atom stereocenters. The molecule has 2 rings (SSSR count). The number of amides is 1. The third kappa shape index (κ3) is 5.56. The number of azo groups is 1.